The molecular formula is C17H13BrF2N2O. The third-order valence-electron chi connectivity index (χ3n) is 4.34. The van der Waals surface area contributed by atoms with Gasteiger partial charge in [-0.3, -0.25) is 0 Å². The van der Waals surface area contributed by atoms with Gasteiger partial charge in [0.15, 0.2) is 11.6 Å². The van der Waals surface area contributed by atoms with Crippen LogP contribution in [0.4, 0.5) is 8.78 Å². The van der Waals surface area contributed by atoms with Gasteiger partial charge in [0, 0.05) is 33.2 Å². The SMILES string of the molecule is ON1CCc2c([nH]c3ccc(Br)cc23)C1c1cccc(F)c1F. The van der Waals surface area contributed by atoms with Gasteiger partial charge in [0.2, 0.25) is 0 Å². The number of nitrogens with zero attached hydrogens (tertiary/aromatic N) is 1. The Morgan fingerprint density at radius 2 is 2.04 bits per heavy atom. The summed E-state index contributed by atoms with van der Waals surface area (Å²) in [5.41, 5.74) is 2.77. The normalized spacial score (nSPS) is 18.3. The van der Waals surface area contributed by atoms with E-state index in [1.54, 1.807) is 0 Å². The van der Waals surface area contributed by atoms with Gasteiger partial charge in [0.25, 0.3) is 0 Å². The van der Waals surface area contributed by atoms with Gasteiger partial charge in [0.1, 0.15) is 6.04 Å². The highest BCUT2D eigenvalue weighted by Crippen LogP contribution is 2.39. The second kappa shape index (κ2) is 5.40. The number of halogens is 3. The zero-order valence-electron chi connectivity index (χ0n) is 12.0. The molecule has 3 nitrogen and oxygen atoms in total. The summed E-state index contributed by atoms with van der Waals surface area (Å²) >= 11 is 3.45. The van der Waals surface area contributed by atoms with Crippen LogP contribution in [0.1, 0.15) is 22.9 Å². The molecule has 6 heteroatoms. The predicted molar refractivity (Wildman–Crippen MR) is 86.4 cm³/mol. The van der Waals surface area contributed by atoms with E-state index in [0.717, 1.165) is 32.1 Å². The number of hydrogen-bond acceptors (Lipinski definition) is 2. The molecule has 4 rings (SSSR count). The zero-order valence-corrected chi connectivity index (χ0v) is 13.6. The summed E-state index contributed by atoms with van der Waals surface area (Å²) in [6, 6.07) is 9.12. The lowest BCUT2D eigenvalue weighted by molar-refractivity contribution is -0.122. The van der Waals surface area contributed by atoms with E-state index in [2.05, 4.69) is 20.9 Å². The topological polar surface area (TPSA) is 39.3 Å². The van der Waals surface area contributed by atoms with Crippen LogP contribution in [0.3, 0.4) is 0 Å². The Bertz CT molecular complexity index is 909. The molecule has 0 amide bonds. The Balaban J connectivity index is 1.96. The third-order valence-corrected chi connectivity index (χ3v) is 4.83. The van der Waals surface area contributed by atoms with Crippen LogP contribution in [-0.4, -0.2) is 21.8 Å². The first kappa shape index (κ1) is 14.8. The lowest BCUT2D eigenvalue weighted by Gasteiger charge is -2.31. The van der Waals surface area contributed by atoms with Gasteiger partial charge in [0.05, 0.1) is 0 Å². The Morgan fingerprint density at radius 3 is 2.87 bits per heavy atom. The molecule has 0 spiro atoms. The molecule has 118 valence electrons. The molecule has 2 N–H and O–H groups in total. The molecule has 0 aliphatic carbocycles. The predicted octanol–water partition coefficient (Wildman–Crippen LogP) is 4.55. The van der Waals surface area contributed by atoms with Crippen molar-refractivity contribution in [3.05, 3.63) is 69.3 Å². The van der Waals surface area contributed by atoms with Crippen LogP contribution in [-0.2, 0) is 6.42 Å². The highest BCUT2D eigenvalue weighted by Gasteiger charge is 2.33. The zero-order chi connectivity index (χ0) is 16.1. The number of hydrogen-bond donors (Lipinski definition) is 2. The number of nitrogens with one attached hydrogen (secondary N) is 1. The summed E-state index contributed by atoms with van der Waals surface area (Å²) in [6.45, 7) is 0.354. The number of aromatic amines is 1. The Kier molecular flexibility index (Phi) is 3.48. The van der Waals surface area contributed by atoms with Crippen molar-refractivity contribution < 1.29 is 14.0 Å². The smallest absolute Gasteiger partial charge is 0.164 e. The standard InChI is InChI=1S/C17H13BrF2N2O/c18-9-4-5-14-12(8-9)10-6-7-22(23)17(16(10)21-14)11-2-1-3-13(19)15(11)20/h1-5,8,17,21,23H,6-7H2. The average Bonchev–Trinajstić information content (AvgIpc) is 2.88. The second-order valence-corrected chi connectivity index (χ2v) is 6.58. The van der Waals surface area contributed by atoms with Crippen molar-refractivity contribution in [2.24, 2.45) is 0 Å². The summed E-state index contributed by atoms with van der Waals surface area (Å²) in [4.78, 5) is 3.26. The van der Waals surface area contributed by atoms with Crippen molar-refractivity contribution in [3.63, 3.8) is 0 Å². The van der Waals surface area contributed by atoms with Gasteiger partial charge in [-0.1, -0.05) is 28.1 Å². The Hall–Kier alpha value is -1.76. The molecule has 0 radical (unpaired) electrons. The molecule has 1 unspecified atom stereocenters. The average molecular weight is 379 g/mol. The van der Waals surface area contributed by atoms with Crippen LogP contribution >= 0.6 is 15.9 Å². The molecule has 0 fully saturated rings. The maximum atomic E-state index is 14.2. The van der Waals surface area contributed by atoms with E-state index in [4.69, 9.17) is 0 Å². The van der Waals surface area contributed by atoms with Crippen LogP contribution in [0.5, 0.6) is 0 Å². The summed E-state index contributed by atoms with van der Waals surface area (Å²) in [7, 11) is 0. The van der Waals surface area contributed by atoms with Gasteiger partial charge in [-0.15, -0.1) is 0 Å². The maximum absolute atomic E-state index is 14.2. The Morgan fingerprint density at radius 1 is 1.22 bits per heavy atom. The van der Waals surface area contributed by atoms with Crippen LogP contribution in [0.25, 0.3) is 10.9 Å². The minimum atomic E-state index is -0.927. The monoisotopic (exact) mass is 378 g/mol. The number of aromatic nitrogens is 1. The van der Waals surface area contributed by atoms with Gasteiger partial charge in [-0.25, -0.2) is 8.78 Å². The summed E-state index contributed by atoms with van der Waals surface area (Å²) < 4.78 is 28.8. The molecule has 23 heavy (non-hydrogen) atoms. The number of fused-ring (bicyclic) bond motifs is 3. The maximum Gasteiger partial charge on any atom is 0.164 e. The van der Waals surface area contributed by atoms with Crippen molar-refractivity contribution in [2.45, 2.75) is 12.5 Å². The van der Waals surface area contributed by atoms with E-state index < -0.39 is 17.7 Å². The Labute approximate surface area is 139 Å². The molecule has 3 aromatic rings. The first-order chi connectivity index (χ1) is 11.1. The molecule has 0 bridgehead atoms. The van der Waals surface area contributed by atoms with Crippen molar-refractivity contribution in [2.75, 3.05) is 6.54 Å². The fourth-order valence-corrected chi connectivity index (χ4v) is 3.66. The summed E-state index contributed by atoms with van der Waals surface area (Å²) in [5.74, 6) is -1.84. The largest absolute Gasteiger partial charge is 0.356 e. The van der Waals surface area contributed by atoms with Crippen LogP contribution in [0, 0.1) is 11.6 Å². The van der Waals surface area contributed by atoms with E-state index in [1.807, 2.05) is 18.2 Å². The second-order valence-electron chi connectivity index (χ2n) is 5.67. The molecule has 1 aromatic heterocycles. The van der Waals surface area contributed by atoms with E-state index in [-0.39, 0.29) is 5.56 Å². The summed E-state index contributed by atoms with van der Waals surface area (Å²) in [5, 5.41) is 12.4. The molecule has 2 aromatic carbocycles. The lowest BCUT2D eigenvalue weighted by atomic mass is 9.93. The van der Waals surface area contributed by atoms with Crippen molar-refractivity contribution in [1.82, 2.24) is 10.0 Å². The first-order valence-corrected chi connectivity index (χ1v) is 8.05. The van der Waals surface area contributed by atoms with E-state index in [9.17, 15) is 14.0 Å². The van der Waals surface area contributed by atoms with Crippen molar-refractivity contribution in [3.8, 4) is 0 Å². The van der Waals surface area contributed by atoms with E-state index in [0.29, 0.717) is 18.7 Å². The van der Waals surface area contributed by atoms with Crippen LogP contribution in [0.2, 0.25) is 0 Å². The van der Waals surface area contributed by atoms with Crippen molar-refractivity contribution >= 4 is 26.8 Å². The minimum Gasteiger partial charge on any atom is -0.356 e. The highest BCUT2D eigenvalue weighted by molar-refractivity contribution is 9.10. The number of benzene rings is 2. The summed E-state index contributed by atoms with van der Waals surface area (Å²) in [6.07, 6.45) is 0.635. The fourth-order valence-electron chi connectivity index (χ4n) is 3.30. The molecule has 1 atom stereocenters. The van der Waals surface area contributed by atoms with Gasteiger partial charge >= 0.3 is 0 Å². The van der Waals surface area contributed by atoms with E-state index in [1.165, 1.54) is 12.1 Å². The third kappa shape index (κ3) is 2.29. The van der Waals surface area contributed by atoms with Crippen LogP contribution < -0.4 is 0 Å². The molecule has 0 saturated heterocycles. The van der Waals surface area contributed by atoms with Crippen molar-refractivity contribution in [1.29, 1.82) is 0 Å². The number of hydroxylamine groups is 2. The number of rotatable bonds is 1. The minimum absolute atomic E-state index is 0.124. The molecular weight excluding hydrogens is 366 g/mol. The quantitative estimate of drug-likeness (QED) is 0.652. The molecule has 2 heterocycles. The molecule has 0 saturated carbocycles. The lowest BCUT2D eigenvalue weighted by Crippen LogP contribution is -2.34. The fraction of sp³-hybridized carbons (Fsp3) is 0.176. The van der Waals surface area contributed by atoms with Gasteiger partial charge in [-0.2, -0.15) is 5.06 Å². The molecule has 1 aliphatic heterocycles. The highest BCUT2D eigenvalue weighted by atomic mass is 79.9. The van der Waals surface area contributed by atoms with E-state index >= 15 is 0 Å². The van der Waals surface area contributed by atoms with Crippen LogP contribution in [0.15, 0.2) is 40.9 Å². The first-order valence-electron chi connectivity index (χ1n) is 7.25. The van der Waals surface area contributed by atoms with Gasteiger partial charge < -0.3 is 10.2 Å². The number of H-pyrrole nitrogens is 1. The van der Waals surface area contributed by atoms with Gasteiger partial charge in [-0.05, 0) is 36.2 Å². The molecule has 1 aliphatic rings.